The van der Waals surface area contributed by atoms with E-state index in [0.717, 1.165) is 56.1 Å². The second-order valence-corrected chi connectivity index (χ2v) is 16.3. The summed E-state index contributed by atoms with van der Waals surface area (Å²) in [6, 6.07) is 8.57. The monoisotopic (exact) mass is 556 g/mol. The van der Waals surface area contributed by atoms with E-state index >= 15 is 0 Å². The first-order valence-electron chi connectivity index (χ1n) is 16.4. The lowest BCUT2D eigenvalue weighted by Gasteiger charge is -2.70. The zero-order chi connectivity index (χ0) is 29.7. The highest BCUT2D eigenvalue weighted by Crippen LogP contribution is 2.74. The van der Waals surface area contributed by atoms with Gasteiger partial charge in [0, 0.05) is 5.41 Å². The van der Waals surface area contributed by atoms with Gasteiger partial charge < -0.3 is 5.11 Å². The summed E-state index contributed by atoms with van der Waals surface area (Å²) in [4.78, 5) is 26.4. The summed E-state index contributed by atoms with van der Waals surface area (Å²) in [5.74, 6) is 2.00. The first kappa shape index (κ1) is 28.9. The average molecular weight is 557 g/mol. The molecule has 5 aliphatic carbocycles. The molecule has 3 nitrogen and oxygen atoms in total. The Morgan fingerprint density at radius 3 is 2.32 bits per heavy atom. The maximum Gasteiger partial charge on any atom is 0.306 e. The molecule has 4 saturated carbocycles. The molecule has 1 N–H and O–H groups in total. The number of ketones is 1. The lowest BCUT2D eigenvalue weighted by Crippen LogP contribution is -2.64. The predicted octanol–water partition coefficient (Wildman–Crippen LogP) is 9.16. The van der Waals surface area contributed by atoms with E-state index in [1.807, 2.05) is 0 Å². The molecule has 5 aliphatic rings. The van der Waals surface area contributed by atoms with Crippen molar-refractivity contribution in [3.63, 3.8) is 0 Å². The fourth-order valence-corrected chi connectivity index (χ4v) is 11.7. The topological polar surface area (TPSA) is 54.4 Å². The second-order valence-electron chi connectivity index (χ2n) is 16.3. The number of benzene rings is 1. The molecule has 0 heterocycles. The van der Waals surface area contributed by atoms with Gasteiger partial charge in [0.1, 0.15) is 0 Å². The summed E-state index contributed by atoms with van der Waals surface area (Å²) in [6.45, 7) is 18.9. The fraction of sp³-hybridized carbons (Fsp3) is 0.684. The van der Waals surface area contributed by atoms with E-state index in [1.54, 1.807) is 5.57 Å². The van der Waals surface area contributed by atoms with E-state index in [0.29, 0.717) is 35.4 Å². The van der Waals surface area contributed by atoms with Gasteiger partial charge in [-0.05, 0) is 121 Å². The van der Waals surface area contributed by atoms with Gasteiger partial charge in [-0.1, -0.05) is 89.9 Å². The predicted molar refractivity (Wildman–Crippen MR) is 166 cm³/mol. The van der Waals surface area contributed by atoms with Crippen molar-refractivity contribution in [1.82, 2.24) is 0 Å². The molecule has 0 radical (unpaired) electrons. The number of hydrogen-bond donors (Lipinski definition) is 1. The first-order valence-corrected chi connectivity index (χ1v) is 16.4. The number of carboxylic acid groups (broad SMARTS) is 1. The highest BCUT2D eigenvalue weighted by molar-refractivity contribution is 6.04. The van der Waals surface area contributed by atoms with Gasteiger partial charge in [0.15, 0.2) is 5.78 Å². The van der Waals surface area contributed by atoms with Crippen LogP contribution in [0.5, 0.6) is 0 Å². The van der Waals surface area contributed by atoms with Gasteiger partial charge in [-0.15, -0.1) is 0 Å². The minimum atomic E-state index is -0.585. The highest BCUT2D eigenvalue weighted by atomic mass is 16.4. The molecule has 222 valence electrons. The van der Waals surface area contributed by atoms with Gasteiger partial charge >= 0.3 is 5.97 Å². The van der Waals surface area contributed by atoms with Gasteiger partial charge in [0.25, 0.3) is 0 Å². The van der Waals surface area contributed by atoms with Crippen molar-refractivity contribution >= 4 is 17.8 Å². The van der Waals surface area contributed by atoms with Crippen molar-refractivity contribution in [3.8, 4) is 0 Å². The number of fused-ring (bicyclic) bond motifs is 7. The van der Waals surface area contributed by atoms with E-state index in [1.165, 1.54) is 5.56 Å². The second kappa shape index (κ2) is 9.42. The number of carboxylic acids is 1. The van der Waals surface area contributed by atoms with Crippen LogP contribution in [0.15, 0.2) is 41.5 Å². The Morgan fingerprint density at radius 1 is 0.976 bits per heavy atom. The summed E-state index contributed by atoms with van der Waals surface area (Å²) in [5, 5.41) is 10.2. The molecule has 0 aliphatic heterocycles. The lowest BCUT2D eigenvalue weighted by molar-refractivity contribution is -0.177. The summed E-state index contributed by atoms with van der Waals surface area (Å²) in [5.41, 5.74) is 4.84. The van der Waals surface area contributed by atoms with Crippen molar-refractivity contribution in [1.29, 1.82) is 0 Å². The summed E-state index contributed by atoms with van der Waals surface area (Å²) < 4.78 is 0. The van der Waals surface area contributed by atoms with Crippen molar-refractivity contribution in [2.45, 2.75) is 100 Å². The standard InChI is InChI=1S/C38H52O3/c1-22-9-11-25(12-10-22)20-26-21-36(6)30(35(4,5)33(26)39)16-18-38(8)31(36)14-13-29-32-24(3)23(2)19-28(34(40)41)27(32)15-17-37(29,38)7/h9-13,20,23-24,27-28,30-32H,14-19,21H2,1-8H3,(H,40,41)/b26-20-/t23-,24+,27?,28-,30?,31?,32?,36+,37-,38-/m1/s1. The number of rotatable bonds is 2. The summed E-state index contributed by atoms with van der Waals surface area (Å²) in [6.07, 6.45) is 11.9. The van der Waals surface area contributed by atoms with Crippen LogP contribution in [0.25, 0.3) is 6.08 Å². The van der Waals surface area contributed by atoms with E-state index in [9.17, 15) is 14.7 Å². The van der Waals surface area contributed by atoms with E-state index in [2.05, 4.69) is 91.8 Å². The van der Waals surface area contributed by atoms with E-state index < -0.39 is 5.97 Å². The number of allylic oxidation sites excluding steroid dienone is 3. The number of Topliss-reactive ketones (excluding diaryl/α,β-unsaturated/α-hetero) is 1. The molecule has 0 saturated heterocycles. The normalized spacial score (nSPS) is 46.0. The van der Waals surface area contributed by atoms with Crippen LogP contribution in [0.3, 0.4) is 0 Å². The molecule has 1 aromatic carbocycles. The largest absolute Gasteiger partial charge is 0.481 e. The molecule has 3 heteroatoms. The fourth-order valence-electron chi connectivity index (χ4n) is 11.7. The van der Waals surface area contributed by atoms with Crippen LogP contribution in [0, 0.1) is 70.0 Å². The molecule has 1 aromatic rings. The molecular weight excluding hydrogens is 504 g/mol. The van der Waals surface area contributed by atoms with Crippen LogP contribution in [0.1, 0.15) is 105 Å². The van der Waals surface area contributed by atoms with Gasteiger partial charge in [0.05, 0.1) is 5.92 Å². The van der Waals surface area contributed by atoms with Crippen LogP contribution < -0.4 is 0 Å². The molecule has 41 heavy (non-hydrogen) atoms. The smallest absolute Gasteiger partial charge is 0.306 e. The van der Waals surface area contributed by atoms with E-state index in [-0.39, 0.29) is 33.5 Å². The maximum atomic E-state index is 14.0. The Hall–Kier alpha value is -2.16. The quantitative estimate of drug-likeness (QED) is 0.292. The maximum absolute atomic E-state index is 14.0. The lowest BCUT2D eigenvalue weighted by atomic mass is 9.34. The Kier molecular flexibility index (Phi) is 6.65. The molecule has 0 spiro atoms. The van der Waals surface area contributed by atoms with Crippen molar-refractivity contribution < 1.29 is 14.7 Å². The number of carbonyl (C=O) groups is 2. The Morgan fingerprint density at radius 2 is 1.66 bits per heavy atom. The number of aryl methyl sites for hydroxylation is 1. The summed E-state index contributed by atoms with van der Waals surface area (Å²) in [7, 11) is 0. The molecule has 10 atom stereocenters. The van der Waals surface area contributed by atoms with Gasteiger partial charge in [-0.25, -0.2) is 0 Å². The van der Waals surface area contributed by atoms with Crippen LogP contribution >= 0.6 is 0 Å². The highest BCUT2D eigenvalue weighted by Gasteiger charge is 2.68. The average Bonchev–Trinajstić information content (AvgIpc) is 2.90. The number of hydrogen-bond acceptors (Lipinski definition) is 2. The van der Waals surface area contributed by atoms with Gasteiger partial charge in [-0.3, -0.25) is 9.59 Å². The molecule has 6 rings (SSSR count). The minimum absolute atomic E-state index is 0.0396. The molecule has 0 aromatic heterocycles. The first-order chi connectivity index (χ1) is 19.1. The zero-order valence-electron chi connectivity index (χ0n) is 26.7. The molecule has 4 fully saturated rings. The molecule has 0 bridgehead atoms. The third-order valence-corrected chi connectivity index (χ3v) is 14.2. The number of aliphatic carboxylic acids is 1. The Balaban J connectivity index is 1.42. The van der Waals surface area contributed by atoms with Gasteiger partial charge in [-0.2, -0.15) is 0 Å². The van der Waals surface area contributed by atoms with Crippen LogP contribution in [-0.2, 0) is 9.59 Å². The van der Waals surface area contributed by atoms with Crippen molar-refractivity contribution in [2.75, 3.05) is 0 Å². The Bertz CT molecular complexity index is 1320. The van der Waals surface area contributed by atoms with Crippen LogP contribution in [-0.4, -0.2) is 16.9 Å². The molecular formula is C38H52O3. The zero-order valence-corrected chi connectivity index (χ0v) is 26.7. The Labute approximate surface area is 248 Å². The SMILES string of the molecule is Cc1ccc(/C=C2/C[C@@]3(C)C(CC[C@]4(C)C3CC=C3C5C(CC[C@]34C)[C@H](C(=O)O)C[C@@H](C)[C@@H]5C)C(C)(C)C2=O)cc1. The minimum Gasteiger partial charge on any atom is -0.481 e. The van der Waals surface area contributed by atoms with Crippen molar-refractivity contribution in [3.05, 3.63) is 52.6 Å². The third-order valence-electron chi connectivity index (χ3n) is 14.2. The third kappa shape index (κ3) is 3.96. The van der Waals surface area contributed by atoms with Crippen LogP contribution in [0.4, 0.5) is 0 Å². The molecule has 4 unspecified atom stereocenters. The summed E-state index contributed by atoms with van der Waals surface area (Å²) >= 11 is 0. The van der Waals surface area contributed by atoms with E-state index in [4.69, 9.17) is 0 Å². The van der Waals surface area contributed by atoms with Crippen LogP contribution in [0.2, 0.25) is 0 Å². The van der Waals surface area contributed by atoms with Crippen molar-refractivity contribution in [2.24, 2.45) is 63.1 Å². The van der Waals surface area contributed by atoms with Gasteiger partial charge in [0.2, 0.25) is 0 Å². The molecule has 0 amide bonds. The number of carbonyl (C=O) groups excluding carboxylic acids is 1.